The van der Waals surface area contributed by atoms with Crippen LogP contribution >= 0.6 is 15.9 Å². The molecule has 0 aliphatic carbocycles. The Labute approximate surface area is 132 Å². The van der Waals surface area contributed by atoms with Crippen LogP contribution in [0.2, 0.25) is 18.1 Å². The predicted molar refractivity (Wildman–Crippen MR) is 91.6 cm³/mol. The van der Waals surface area contributed by atoms with Crippen molar-refractivity contribution in [2.75, 3.05) is 13.2 Å². The molecule has 1 aromatic carbocycles. The number of aliphatic hydroxyl groups is 1. The van der Waals surface area contributed by atoms with E-state index in [0.717, 1.165) is 10.9 Å². The highest BCUT2D eigenvalue weighted by atomic mass is 79.9. The van der Waals surface area contributed by atoms with Gasteiger partial charge in [-0.1, -0.05) is 48.8 Å². The second-order valence-electron chi connectivity index (χ2n) is 6.95. The number of aliphatic hydroxyl groups excluding tert-OH is 1. The molecular weight excluding hydrogens is 332 g/mol. The third kappa shape index (κ3) is 5.32. The van der Waals surface area contributed by atoms with Crippen LogP contribution in [0.4, 0.5) is 0 Å². The Hall–Kier alpha value is -0.163. The molecule has 0 fully saturated rings. The van der Waals surface area contributed by atoms with Gasteiger partial charge in [-0.05, 0) is 42.2 Å². The molecule has 0 aliphatic rings. The molecule has 20 heavy (non-hydrogen) atoms. The number of halogens is 1. The first kappa shape index (κ1) is 17.9. The van der Waals surface area contributed by atoms with Gasteiger partial charge in [0.25, 0.3) is 0 Å². The van der Waals surface area contributed by atoms with Gasteiger partial charge in [0.15, 0.2) is 8.32 Å². The van der Waals surface area contributed by atoms with E-state index in [1.54, 1.807) is 0 Å². The lowest BCUT2D eigenvalue weighted by atomic mass is 10.0. The maximum atomic E-state index is 9.57. The van der Waals surface area contributed by atoms with Crippen LogP contribution in [0, 0.1) is 5.92 Å². The summed E-state index contributed by atoms with van der Waals surface area (Å²) in [5, 5.41) is 9.78. The minimum absolute atomic E-state index is 0.171. The van der Waals surface area contributed by atoms with E-state index >= 15 is 0 Å². The standard InChI is InChI=1S/C16H27BrO2Si/c1-16(2,3)20(4,5)19-12-14(11-18)10-13-6-8-15(17)9-7-13/h6-9,14,18H,10-12H2,1-5H3/t14-/m0/s1. The van der Waals surface area contributed by atoms with E-state index in [4.69, 9.17) is 4.43 Å². The molecule has 0 saturated heterocycles. The fourth-order valence-electron chi connectivity index (χ4n) is 1.67. The molecule has 114 valence electrons. The lowest BCUT2D eigenvalue weighted by molar-refractivity contribution is 0.153. The van der Waals surface area contributed by atoms with Gasteiger partial charge in [0.2, 0.25) is 0 Å². The van der Waals surface area contributed by atoms with E-state index in [1.165, 1.54) is 5.56 Å². The third-order valence-corrected chi connectivity index (χ3v) is 9.21. The lowest BCUT2D eigenvalue weighted by Gasteiger charge is -2.37. The summed E-state index contributed by atoms with van der Waals surface area (Å²) in [4.78, 5) is 0. The highest BCUT2D eigenvalue weighted by Crippen LogP contribution is 2.36. The molecule has 0 saturated carbocycles. The molecular formula is C16H27BrO2Si. The fraction of sp³-hybridized carbons (Fsp3) is 0.625. The Bertz CT molecular complexity index is 409. The quantitative estimate of drug-likeness (QED) is 0.751. The van der Waals surface area contributed by atoms with Gasteiger partial charge < -0.3 is 9.53 Å². The molecule has 1 atom stereocenters. The van der Waals surface area contributed by atoms with Crippen molar-refractivity contribution in [3.63, 3.8) is 0 Å². The molecule has 2 nitrogen and oxygen atoms in total. The monoisotopic (exact) mass is 358 g/mol. The molecule has 0 amide bonds. The Morgan fingerprint density at radius 3 is 2.20 bits per heavy atom. The van der Waals surface area contributed by atoms with E-state index in [0.29, 0.717) is 6.61 Å². The van der Waals surface area contributed by atoms with Crippen molar-refractivity contribution in [2.24, 2.45) is 5.92 Å². The van der Waals surface area contributed by atoms with E-state index in [2.05, 4.69) is 61.9 Å². The van der Waals surface area contributed by atoms with Crippen molar-refractivity contribution in [3.05, 3.63) is 34.3 Å². The first-order chi connectivity index (χ1) is 9.15. The lowest BCUT2D eigenvalue weighted by Crippen LogP contribution is -2.42. The van der Waals surface area contributed by atoms with Gasteiger partial charge in [0.05, 0.1) is 0 Å². The van der Waals surface area contributed by atoms with Crippen LogP contribution in [-0.2, 0) is 10.8 Å². The van der Waals surface area contributed by atoms with E-state index in [-0.39, 0.29) is 17.6 Å². The average Bonchev–Trinajstić information content (AvgIpc) is 2.35. The topological polar surface area (TPSA) is 29.5 Å². The molecule has 0 spiro atoms. The van der Waals surface area contributed by atoms with Gasteiger partial charge in [-0.3, -0.25) is 0 Å². The number of rotatable bonds is 6. The second-order valence-corrected chi connectivity index (χ2v) is 12.7. The van der Waals surface area contributed by atoms with Crippen molar-refractivity contribution in [1.29, 1.82) is 0 Å². The molecule has 4 heteroatoms. The summed E-state index contributed by atoms with van der Waals surface area (Å²) in [6.45, 7) is 12.0. The highest BCUT2D eigenvalue weighted by molar-refractivity contribution is 9.10. The summed E-state index contributed by atoms with van der Waals surface area (Å²) in [5.74, 6) is 0.172. The zero-order chi connectivity index (χ0) is 15.4. The number of hydrogen-bond acceptors (Lipinski definition) is 2. The van der Waals surface area contributed by atoms with Crippen molar-refractivity contribution in [2.45, 2.75) is 45.3 Å². The second kappa shape index (κ2) is 7.21. The smallest absolute Gasteiger partial charge is 0.191 e. The van der Waals surface area contributed by atoms with Gasteiger partial charge in [0, 0.05) is 23.6 Å². The minimum atomic E-state index is -1.73. The van der Waals surface area contributed by atoms with Crippen LogP contribution in [0.25, 0.3) is 0 Å². The zero-order valence-corrected chi connectivity index (χ0v) is 15.8. The van der Waals surface area contributed by atoms with Crippen molar-refractivity contribution in [1.82, 2.24) is 0 Å². The molecule has 0 bridgehead atoms. The van der Waals surface area contributed by atoms with Crippen molar-refractivity contribution < 1.29 is 9.53 Å². The van der Waals surface area contributed by atoms with Crippen LogP contribution in [0.5, 0.6) is 0 Å². The van der Waals surface area contributed by atoms with Gasteiger partial charge in [-0.2, -0.15) is 0 Å². The summed E-state index contributed by atoms with van der Waals surface area (Å²) in [5.41, 5.74) is 1.24. The van der Waals surface area contributed by atoms with Gasteiger partial charge >= 0.3 is 0 Å². The summed E-state index contributed by atoms with van der Waals surface area (Å²) in [6.07, 6.45) is 0.860. The zero-order valence-electron chi connectivity index (χ0n) is 13.2. The normalized spacial score (nSPS) is 14.3. The average molecular weight is 359 g/mol. The van der Waals surface area contributed by atoms with Crippen molar-refractivity contribution in [3.8, 4) is 0 Å². The molecule has 1 aromatic rings. The van der Waals surface area contributed by atoms with Crippen LogP contribution < -0.4 is 0 Å². The molecule has 0 aromatic heterocycles. The van der Waals surface area contributed by atoms with Crippen LogP contribution in [0.3, 0.4) is 0 Å². The Balaban J connectivity index is 2.58. The van der Waals surface area contributed by atoms with E-state index < -0.39 is 8.32 Å². The molecule has 0 radical (unpaired) electrons. The van der Waals surface area contributed by atoms with Crippen LogP contribution in [0.15, 0.2) is 28.7 Å². The Kier molecular flexibility index (Phi) is 6.45. The summed E-state index contributed by atoms with van der Waals surface area (Å²) in [6, 6.07) is 8.27. The maximum absolute atomic E-state index is 9.57. The number of benzene rings is 1. The first-order valence-electron chi connectivity index (χ1n) is 7.15. The van der Waals surface area contributed by atoms with Crippen LogP contribution in [0.1, 0.15) is 26.3 Å². The van der Waals surface area contributed by atoms with Crippen LogP contribution in [-0.4, -0.2) is 26.6 Å². The fourth-order valence-corrected chi connectivity index (χ4v) is 3.02. The molecule has 0 aliphatic heterocycles. The molecule has 1 N–H and O–H groups in total. The SMILES string of the molecule is CC(C)(C)[Si](C)(C)OC[C@H](CO)Cc1ccc(Br)cc1. The third-order valence-electron chi connectivity index (χ3n) is 4.18. The number of hydrogen-bond donors (Lipinski definition) is 1. The molecule has 0 heterocycles. The summed E-state index contributed by atoms with van der Waals surface area (Å²) >= 11 is 3.44. The van der Waals surface area contributed by atoms with Gasteiger partial charge in [-0.25, -0.2) is 0 Å². The Morgan fingerprint density at radius 2 is 1.75 bits per heavy atom. The summed E-state index contributed by atoms with van der Waals surface area (Å²) < 4.78 is 7.30. The molecule has 0 unspecified atom stereocenters. The van der Waals surface area contributed by atoms with E-state index in [9.17, 15) is 5.11 Å². The van der Waals surface area contributed by atoms with E-state index in [1.807, 2.05) is 12.1 Å². The largest absolute Gasteiger partial charge is 0.416 e. The van der Waals surface area contributed by atoms with Gasteiger partial charge in [-0.15, -0.1) is 0 Å². The molecule has 1 rings (SSSR count). The minimum Gasteiger partial charge on any atom is -0.416 e. The predicted octanol–water partition coefficient (Wildman–Crippen LogP) is 4.62. The highest BCUT2D eigenvalue weighted by Gasteiger charge is 2.37. The van der Waals surface area contributed by atoms with Gasteiger partial charge in [0.1, 0.15) is 0 Å². The Morgan fingerprint density at radius 1 is 1.20 bits per heavy atom. The maximum Gasteiger partial charge on any atom is 0.191 e. The summed E-state index contributed by atoms with van der Waals surface area (Å²) in [7, 11) is -1.73. The van der Waals surface area contributed by atoms with Crippen molar-refractivity contribution >= 4 is 24.2 Å². The first-order valence-corrected chi connectivity index (χ1v) is 10.8.